The van der Waals surface area contributed by atoms with E-state index in [4.69, 9.17) is 9.47 Å². The molecule has 138 valence electrons. The van der Waals surface area contributed by atoms with Gasteiger partial charge in [-0.3, -0.25) is 9.59 Å². The lowest BCUT2D eigenvalue weighted by atomic mass is 10.4. The molecule has 0 atom stereocenters. The Bertz CT molecular complexity index is 540. The lowest BCUT2D eigenvalue weighted by Gasteiger charge is -2.26. The second kappa shape index (κ2) is 9.72. The minimum Gasteiger partial charge on any atom is -0.378 e. The van der Waals surface area contributed by atoms with E-state index in [2.05, 4.69) is 9.36 Å². The summed E-state index contributed by atoms with van der Waals surface area (Å²) in [5.74, 6) is 0.861. The van der Waals surface area contributed by atoms with Crippen molar-refractivity contribution in [2.45, 2.75) is 9.50 Å². The van der Waals surface area contributed by atoms with E-state index in [0.717, 1.165) is 4.34 Å². The van der Waals surface area contributed by atoms with Gasteiger partial charge in [-0.1, -0.05) is 23.5 Å². The first-order valence-electron chi connectivity index (χ1n) is 8.03. The number of morpholine rings is 2. The van der Waals surface area contributed by atoms with Crippen LogP contribution in [0.15, 0.2) is 9.50 Å². The van der Waals surface area contributed by atoms with E-state index in [0.29, 0.717) is 69.3 Å². The van der Waals surface area contributed by atoms with Crippen molar-refractivity contribution in [3.8, 4) is 0 Å². The van der Waals surface area contributed by atoms with Crippen molar-refractivity contribution >= 4 is 46.9 Å². The molecular weight excluding hydrogens is 384 g/mol. The Morgan fingerprint density at radius 1 is 0.920 bits per heavy atom. The van der Waals surface area contributed by atoms with Crippen molar-refractivity contribution in [2.75, 3.05) is 64.1 Å². The molecule has 0 saturated carbocycles. The van der Waals surface area contributed by atoms with Crippen LogP contribution in [0, 0.1) is 0 Å². The Balaban J connectivity index is 1.39. The number of hydrogen-bond acceptors (Lipinski definition) is 9. The molecule has 8 nitrogen and oxygen atoms in total. The highest BCUT2D eigenvalue weighted by molar-refractivity contribution is 8.02. The standard InChI is InChI=1S/C14H20N4O4S3/c19-11(17-1-5-21-6-2-17)9-23-13-15-14(25-16-13)24-10-12(20)18-3-7-22-8-4-18/h1-10H2. The first-order chi connectivity index (χ1) is 12.2. The molecule has 2 fully saturated rings. The summed E-state index contributed by atoms with van der Waals surface area (Å²) < 4.78 is 15.5. The zero-order valence-corrected chi connectivity index (χ0v) is 16.2. The topological polar surface area (TPSA) is 84.9 Å². The van der Waals surface area contributed by atoms with E-state index >= 15 is 0 Å². The number of rotatable bonds is 6. The van der Waals surface area contributed by atoms with E-state index in [9.17, 15) is 9.59 Å². The normalized spacial score (nSPS) is 18.4. The number of hydrogen-bond donors (Lipinski definition) is 0. The molecule has 3 heterocycles. The fraction of sp³-hybridized carbons (Fsp3) is 0.714. The first kappa shape index (κ1) is 18.9. The molecule has 2 aliphatic rings. The van der Waals surface area contributed by atoms with Gasteiger partial charge < -0.3 is 19.3 Å². The molecule has 11 heteroatoms. The number of aromatic nitrogens is 2. The number of nitrogens with zero attached hydrogens (tertiary/aromatic N) is 4. The molecule has 0 bridgehead atoms. The summed E-state index contributed by atoms with van der Waals surface area (Å²) in [7, 11) is 0. The molecule has 0 radical (unpaired) electrons. The Labute approximate surface area is 158 Å². The maximum absolute atomic E-state index is 12.1. The van der Waals surface area contributed by atoms with Crippen LogP contribution in [0.5, 0.6) is 0 Å². The second-order valence-corrected chi connectivity index (χ2v) is 8.32. The van der Waals surface area contributed by atoms with Crippen LogP contribution in [0.25, 0.3) is 0 Å². The van der Waals surface area contributed by atoms with Gasteiger partial charge in [-0.05, 0) is 11.5 Å². The van der Waals surface area contributed by atoms with Crippen LogP contribution in [-0.4, -0.2) is 95.1 Å². The zero-order chi connectivity index (χ0) is 17.5. The summed E-state index contributed by atoms with van der Waals surface area (Å²) >= 11 is 4.00. The van der Waals surface area contributed by atoms with E-state index < -0.39 is 0 Å². The van der Waals surface area contributed by atoms with Crippen molar-refractivity contribution in [1.82, 2.24) is 19.2 Å². The molecule has 0 unspecified atom stereocenters. The van der Waals surface area contributed by atoms with Crippen LogP contribution in [0.2, 0.25) is 0 Å². The molecule has 0 N–H and O–H groups in total. The molecule has 2 amide bonds. The van der Waals surface area contributed by atoms with Gasteiger partial charge >= 0.3 is 0 Å². The minimum atomic E-state index is 0.0831. The molecule has 3 rings (SSSR count). The number of thioether (sulfide) groups is 2. The van der Waals surface area contributed by atoms with Crippen molar-refractivity contribution in [3.05, 3.63) is 0 Å². The molecular formula is C14H20N4O4S3. The first-order valence-corrected chi connectivity index (χ1v) is 10.8. The lowest BCUT2D eigenvalue weighted by molar-refractivity contribution is -0.133. The third-order valence-electron chi connectivity index (χ3n) is 3.76. The van der Waals surface area contributed by atoms with Gasteiger partial charge in [0.1, 0.15) is 0 Å². The summed E-state index contributed by atoms with van der Waals surface area (Å²) in [5, 5.41) is 0.591. The predicted molar refractivity (Wildman–Crippen MR) is 96.2 cm³/mol. The minimum absolute atomic E-state index is 0.0831. The zero-order valence-electron chi connectivity index (χ0n) is 13.7. The van der Waals surface area contributed by atoms with Crippen LogP contribution < -0.4 is 0 Å². The maximum Gasteiger partial charge on any atom is 0.233 e. The average molecular weight is 405 g/mol. The molecule has 1 aromatic heterocycles. The van der Waals surface area contributed by atoms with Gasteiger partial charge in [0.05, 0.1) is 37.9 Å². The van der Waals surface area contributed by atoms with Crippen LogP contribution in [-0.2, 0) is 19.1 Å². The highest BCUT2D eigenvalue weighted by Gasteiger charge is 2.19. The van der Waals surface area contributed by atoms with Gasteiger partial charge in [0, 0.05) is 26.2 Å². The molecule has 2 aliphatic heterocycles. The van der Waals surface area contributed by atoms with Crippen LogP contribution in [0.3, 0.4) is 0 Å². The number of carbonyl (C=O) groups is 2. The largest absolute Gasteiger partial charge is 0.378 e. The Kier molecular flexibility index (Phi) is 7.35. The molecule has 2 saturated heterocycles. The quantitative estimate of drug-likeness (QED) is 0.632. The van der Waals surface area contributed by atoms with Crippen molar-refractivity contribution in [3.63, 3.8) is 0 Å². The summed E-state index contributed by atoms with van der Waals surface area (Å²) in [6.45, 7) is 5.01. The molecule has 25 heavy (non-hydrogen) atoms. The van der Waals surface area contributed by atoms with Crippen LogP contribution >= 0.6 is 35.1 Å². The van der Waals surface area contributed by atoms with Gasteiger partial charge in [-0.25, -0.2) is 4.98 Å². The Morgan fingerprint density at radius 2 is 1.44 bits per heavy atom. The van der Waals surface area contributed by atoms with Gasteiger partial charge in [0.2, 0.25) is 17.0 Å². The average Bonchev–Trinajstić information content (AvgIpc) is 3.13. The third kappa shape index (κ3) is 5.81. The van der Waals surface area contributed by atoms with E-state index in [-0.39, 0.29) is 11.8 Å². The smallest absolute Gasteiger partial charge is 0.233 e. The van der Waals surface area contributed by atoms with E-state index in [1.54, 1.807) is 4.90 Å². The van der Waals surface area contributed by atoms with Crippen LogP contribution in [0.1, 0.15) is 0 Å². The second-order valence-electron chi connectivity index (χ2n) is 5.41. The number of ether oxygens (including phenoxy) is 2. The Hall–Kier alpha value is -0.880. The summed E-state index contributed by atoms with van der Waals surface area (Å²) in [6.07, 6.45) is 0. The highest BCUT2D eigenvalue weighted by atomic mass is 32.2. The highest BCUT2D eigenvalue weighted by Crippen LogP contribution is 2.25. The van der Waals surface area contributed by atoms with Gasteiger partial charge in [-0.15, -0.1) is 0 Å². The summed E-state index contributed by atoms with van der Waals surface area (Å²) in [6, 6.07) is 0. The molecule has 0 aromatic carbocycles. The predicted octanol–water partition coefficient (Wildman–Crippen LogP) is 0.440. The Morgan fingerprint density at radius 3 is 2.00 bits per heavy atom. The van der Waals surface area contributed by atoms with E-state index in [1.165, 1.54) is 35.1 Å². The van der Waals surface area contributed by atoms with Crippen molar-refractivity contribution in [2.24, 2.45) is 0 Å². The fourth-order valence-corrected chi connectivity index (χ4v) is 4.81. The maximum atomic E-state index is 12.1. The number of amides is 2. The van der Waals surface area contributed by atoms with Gasteiger partial charge in [0.25, 0.3) is 0 Å². The molecule has 1 aromatic rings. The van der Waals surface area contributed by atoms with E-state index in [1.807, 2.05) is 4.90 Å². The lowest BCUT2D eigenvalue weighted by Crippen LogP contribution is -2.41. The van der Waals surface area contributed by atoms with Crippen molar-refractivity contribution < 1.29 is 19.1 Å². The van der Waals surface area contributed by atoms with Gasteiger partial charge in [-0.2, -0.15) is 4.37 Å². The third-order valence-corrected chi connectivity index (χ3v) is 6.53. The van der Waals surface area contributed by atoms with Crippen LogP contribution in [0.4, 0.5) is 0 Å². The van der Waals surface area contributed by atoms with Gasteiger partial charge in [0.15, 0.2) is 4.34 Å². The fourth-order valence-electron chi connectivity index (χ4n) is 2.37. The summed E-state index contributed by atoms with van der Waals surface area (Å²) in [4.78, 5) is 32.2. The monoisotopic (exact) mass is 404 g/mol. The van der Waals surface area contributed by atoms with Crippen molar-refractivity contribution in [1.29, 1.82) is 0 Å². The SMILES string of the molecule is O=C(CSc1nsc(SCC(=O)N2CCOCC2)n1)N1CCOCC1. The molecule has 0 aliphatic carbocycles. The number of carbonyl (C=O) groups excluding carboxylic acids is 2. The molecule has 0 spiro atoms. The summed E-state index contributed by atoms with van der Waals surface area (Å²) in [5.41, 5.74) is 0.